The van der Waals surface area contributed by atoms with Gasteiger partial charge in [-0.15, -0.1) is 11.3 Å². The molecule has 3 rings (SSSR count). The van der Waals surface area contributed by atoms with Crippen LogP contribution in [-0.4, -0.2) is 16.1 Å². The van der Waals surface area contributed by atoms with Crippen LogP contribution in [-0.2, 0) is 4.79 Å². The number of anilines is 1. The van der Waals surface area contributed by atoms with Crippen LogP contribution in [0.3, 0.4) is 0 Å². The molecule has 0 saturated heterocycles. The van der Waals surface area contributed by atoms with Gasteiger partial charge in [0.2, 0.25) is 5.91 Å². The summed E-state index contributed by atoms with van der Waals surface area (Å²) in [5, 5.41) is 13.0. The fraction of sp³-hybridized carbons (Fsp3) is 0.200. The van der Waals surface area contributed by atoms with E-state index in [4.69, 9.17) is 0 Å². The zero-order valence-corrected chi connectivity index (χ0v) is 12.1. The summed E-state index contributed by atoms with van der Waals surface area (Å²) in [6.45, 7) is 3.72. The molecular formula is C15H15N3OS. The van der Waals surface area contributed by atoms with Crippen LogP contribution in [0.1, 0.15) is 13.8 Å². The molecule has 0 atom stereocenters. The quantitative estimate of drug-likeness (QED) is 0.767. The smallest absolute Gasteiger partial charge is 0.228 e. The van der Waals surface area contributed by atoms with E-state index in [2.05, 4.69) is 39.1 Å². The van der Waals surface area contributed by atoms with E-state index in [1.807, 2.05) is 26.0 Å². The minimum Gasteiger partial charge on any atom is -0.308 e. The minimum atomic E-state index is -0.0628. The van der Waals surface area contributed by atoms with Crippen LogP contribution in [0.15, 0.2) is 35.7 Å². The molecular weight excluding hydrogens is 270 g/mol. The van der Waals surface area contributed by atoms with Crippen molar-refractivity contribution in [3.63, 3.8) is 0 Å². The van der Waals surface area contributed by atoms with Crippen LogP contribution in [0.5, 0.6) is 0 Å². The number of thiophene rings is 1. The second-order valence-corrected chi connectivity index (χ2v) is 5.90. The fourth-order valence-corrected chi connectivity index (χ4v) is 2.70. The van der Waals surface area contributed by atoms with Crippen molar-refractivity contribution >= 4 is 34.0 Å². The number of benzene rings is 1. The summed E-state index contributed by atoms with van der Waals surface area (Å²) < 4.78 is 0. The second kappa shape index (κ2) is 5.09. The zero-order chi connectivity index (χ0) is 14.1. The lowest BCUT2D eigenvalue weighted by molar-refractivity contribution is -0.118. The maximum Gasteiger partial charge on any atom is 0.228 e. The van der Waals surface area contributed by atoms with Gasteiger partial charge in [0, 0.05) is 16.2 Å². The summed E-state index contributed by atoms with van der Waals surface area (Å²) >= 11 is 1.70. The number of H-pyrrole nitrogens is 1. The molecule has 0 bridgehead atoms. The number of hydrogen-bond acceptors (Lipinski definition) is 3. The molecule has 1 amide bonds. The van der Waals surface area contributed by atoms with Gasteiger partial charge in [0.1, 0.15) is 0 Å². The molecule has 102 valence electrons. The number of rotatable bonds is 3. The van der Waals surface area contributed by atoms with Crippen molar-refractivity contribution in [1.29, 1.82) is 0 Å². The highest BCUT2D eigenvalue weighted by molar-refractivity contribution is 7.13. The largest absolute Gasteiger partial charge is 0.308 e. The Balaban J connectivity index is 1.96. The van der Waals surface area contributed by atoms with Crippen molar-refractivity contribution in [2.75, 3.05) is 5.32 Å². The lowest BCUT2D eigenvalue weighted by atomic mass is 10.1. The number of nitrogens with one attached hydrogen (secondary N) is 2. The summed E-state index contributed by atoms with van der Waals surface area (Å²) in [6, 6.07) is 10.2. The van der Waals surface area contributed by atoms with Gasteiger partial charge in [-0.2, -0.15) is 5.10 Å². The third-order valence-electron chi connectivity index (χ3n) is 3.13. The molecule has 0 aliphatic heterocycles. The predicted molar refractivity (Wildman–Crippen MR) is 82.9 cm³/mol. The van der Waals surface area contributed by atoms with Gasteiger partial charge in [-0.25, -0.2) is 0 Å². The molecule has 2 heterocycles. The molecule has 4 nitrogen and oxygen atoms in total. The van der Waals surface area contributed by atoms with Gasteiger partial charge in [-0.3, -0.25) is 9.89 Å². The number of aromatic amines is 1. The van der Waals surface area contributed by atoms with E-state index in [1.165, 1.54) is 4.88 Å². The molecule has 2 N–H and O–H groups in total. The average Bonchev–Trinajstić information content (AvgIpc) is 3.07. The Morgan fingerprint density at radius 3 is 2.90 bits per heavy atom. The van der Waals surface area contributed by atoms with Crippen molar-refractivity contribution in [1.82, 2.24) is 10.2 Å². The van der Waals surface area contributed by atoms with Crippen LogP contribution in [0.2, 0.25) is 0 Å². The molecule has 0 aliphatic rings. The van der Waals surface area contributed by atoms with E-state index >= 15 is 0 Å². The van der Waals surface area contributed by atoms with Crippen LogP contribution in [0, 0.1) is 5.92 Å². The number of carbonyl (C=O) groups is 1. The lowest BCUT2D eigenvalue weighted by Gasteiger charge is -2.05. The number of nitrogens with zero attached hydrogens (tertiary/aromatic N) is 1. The molecule has 0 fully saturated rings. The number of aromatic nitrogens is 2. The van der Waals surface area contributed by atoms with E-state index in [9.17, 15) is 4.79 Å². The second-order valence-electron chi connectivity index (χ2n) is 4.95. The Labute approximate surface area is 120 Å². The van der Waals surface area contributed by atoms with Gasteiger partial charge in [0.05, 0.1) is 5.52 Å². The summed E-state index contributed by atoms with van der Waals surface area (Å²) in [5.74, 6) is 0.504. The first kappa shape index (κ1) is 12.9. The van der Waals surface area contributed by atoms with Crippen molar-refractivity contribution in [2.45, 2.75) is 13.8 Å². The van der Waals surface area contributed by atoms with E-state index in [0.29, 0.717) is 5.82 Å². The Morgan fingerprint density at radius 1 is 1.35 bits per heavy atom. The molecule has 0 radical (unpaired) electrons. The van der Waals surface area contributed by atoms with E-state index in [0.717, 1.165) is 16.5 Å². The number of amides is 1. The van der Waals surface area contributed by atoms with Crippen LogP contribution in [0.25, 0.3) is 21.3 Å². The van der Waals surface area contributed by atoms with Crippen molar-refractivity contribution < 1.29 is 4.79 Å². The van der Waals surface area contributed by atoms with Crippen molar-refractivity contribution in [3.05, 3.63) is 35.7 Å². The van der Waals surface area contributed by atoms with Crippen LogP contribution < -0.4 is 5.32 Å². The predicted octanol–water partition coefficient (Wildman–Crippen LogP) is 3.89. The number of fused-ring (bicyclic) bond motifs is 1. The lowest BCUT2D eigenvalue weighted by Crippen LogP contribution is -2.18. The van der Waals surface area contributed by atoms with Gasteiger partial charge in [-0.1, -0.05) is 26.0 Å². The standard InChI is InChI=1S/C15H15N3OS/c1-9(2)15(19)16-14-11-6-5-10(8-12(11)17-18-14)13-4-3-7-20-13/h3-9H,1-2H3,(H2,16,17,18,19). The maximum absolute atomic E-state index is 11.7. The Morgan fingerprint density at radius 2 is 2.20 bits per heavy atom. The van der Waals surface area contributed by atoms with Crippen molar-refractivity contribution in [3.8, 4) is 10.4 Å². The normalized spacial score (nSPS) is 11.2. The molecule has 0 unspecified atom stereocenters. The fourth-order valence-electron chi connectivity index (χ4n) is 1.97. The molecule has 5 heteroatoms. The zero-order valence-electron chi connectivity index (χ0n) is 11.3. The third kappa shape index (κ3) is 2.32. The maximum atomic E-state index is 11.7. The summed E-state index contributed by atoms with van der Waals surface area (Å²) in [6.07, 6.45) is 0. The first-order chi connectivity index (χ1) is 9.65. The number of hydrogen-bond donors (Lipinski definition) is 2. The molecule has 2 aromatic heterocycles. The minimum absolute atomic E-state index is 0.0271. The molecule has 0 saturated carbocycles. The first-order valence-electron chi connectivity index (χ1n) is 6.48. The summed E-state index contributed by atoms with van der Waals surface area (Å²) in [4.78, 5) is 13.0. The molecule has 20 heavy (non-hydrogen) atoms. The highest BCUT2D eigenvalue weighted by atomic mass is 32.1. The van der Waals surface area contributed by atoms with Crippen molar-refractivity contribution in [2.24, 2.45) is 5.92 Å². The highest BCUT2D eigenvalue weighted by Gasteiger charge is 2.12. The summed E-state index contributed by atoms with van der Waals surface area (Å²) in [7, 11) is 0. The third-order valence-corrected chi connectivity index (χ3v) is 4.05. The van der Waals surface area contributed by atoms with Gasteiger partial charge < -0.3 is 5.32 Å². The van der Waals surface area contributed by atoms with Gasteiger partial charge in [0.25, 0.3) is 0 Å². The van der Waals surface area contributed by atoms with Crippen LogP contribution >= 0.6 is 11.3 Å². The Bertz CT molecular complexity index is 744. The molecule has 3 aromatic rings. The van der Waals surface area contributed by atoms with Crippen LogP contribution in [0.4, 0.5) is 5.82 Å². The molecule has 0 aliphatic carbocycles. The number of carbonyl (C=O) groups excluding carboxylic acids is 1. The van der Waals surface area contributed by atoms with Gasteiger partial charge in [-0.05, 0) is 29.1 Å². The van der Waals surface area contributed by atoms with E-state index in [-0.39, 0.29) is 11.8 Å². The van der Waals surface area contributed by atoms with E-state index in [1.54, 1.807) is 11.3 Å². The van der Waals surface area contributed by atoms with E-state index < -0.39 is 0 Å². The highest BCUT2D eigenvalue weighted by Crippen LogP contribution is 2.29. The van der Waals surface area contributed by atoms with Gasteiger partial charge in [0.15, 0.2) is 5.82 Å². The average molecular weight is 285 g/mol. The topological polar surface area (TPSA) is 57.8 Å². The van der Waals surface area contributed by atoms with Gasteiger partial charge >= 0.3 is 0 Å². The summed E-state index contributed by atoms with van der Waals surface area (Å²) in [5.41, 5.74) is 2.08. The monoisotopic (exact) mass is 285 g/mol. The first-order valence-corrected chi connectivity index (χ1v) is 7.36. The SMILES string of the molecule is CC(C)C(=O)Nc1n[nH]c2cc(-c3cccs3)ccc12. The Kier molecular flexibility index (Phi) is 3.28. The molecule has 0 spiro atoms. The Hall–Kier alpha value is -2.14. The molecule has 1 aromatic carbocycles.